The third-order valence-corrected chi connectivity index (χ3v) is 3.59. The second-order valence-corrected chi connectivity index (χ2v) is 5.01. The summed E-state index contributed by atoms with van der Waals surface area (Å²) in [6.07, 6.45) is 2.28. The summed E-state index contributed by atoms with van der Waals surface area (Å²) in [6, 6.07) is 7.15. The first-order valence-electron chi connectivity index (χ1n) is 7.04. The molecule has 1 aromatic carbocycles. The van der Waals surface area contributed by atoms with Gasteiger partial charge in [0.2, 0.25) is 5.91 Å². The van der Waals surface area contributed by atoms with Crippen LogP contribution in [0.1, 0.15) is 30.9 Å². The molecule has 1 aliphatic heterocycles. The molecule has 2 atom stereocenters. The number of benzene rings is 1. The molecule has 1 amide bonds. The Kier molecular flexibility index (Phi) is 5.38. The molecule has 0 radical (unpaired) electrons. The molecule has 0 aromatic heterocycles. The molecule has 1 saturated heterocycles. The molecule has 110 valence electrons. The molecule has 5 nitrogen and oxygen atoms in total. The van der Waals surface area contributed by atoms with Crippen LogP contribution in [0.15, 0.2) is 24.3 Å². The number of carbonyl (C=O) groups excluding carboxylic acids is 1. The third-order valence-electron chi connectivity index (χ3n) is 3.59. The minimum Gasteiger partial charge on any atom is -0.496 e. The maximum absolute atomic E-state index is 12.0. The molecule has 20 heavy (non-hydrogen) atoms. The Morgan fingerprint density at radius 1 is 1.50 bits per heavy atom. The van der Waals surface area contributed by atoms with Gasteiger partial charge in [-0.1, -0.05) is 24.6 Å². The van der Waals surface area contributed by atoms with Gasteiger partial charge in [0.1, 0.15) is 5.75 Å². The summed E-state index contributed by atoms with van der Waals surface area (Å²) in [4.78, 5) is 12.0. The Morgan fingerprint density at radius 3 is 3.00 bits per heavy atom. The summed E-state index contributed by atoms with van der Waals surface area (Å²) in [7, 11) is 1.57. The number of piperidine rings is 1. The van der Waals surface area contributed by atoms with Crippen LogP contribution in [0.3, 0.4) is 0 Å². The van der Waals surface area contributed by atoms with E-state index >= 15 is 0 Å². The highest BCUT2D eigenvalue weighted by atomic mass is 16.5. The van der Waals surface area contributed by atoms with E-state index in [9.17, 15) is 9.90 Å². The molecule has 0 bridgehead atoms. The van der Waals surface area contributed by atoms with Crippen molar-refractivity contribution in [1.82, 2.24) is 10.6 Å². The van der Waals surface area contributed by atoms with Crippen molar-refractivity contribution in [2.45, 2.75) is 31.4 Å². The van der Waals surface area contributed by atoms with Gasteiger partial charge in [-0.15, -0.1) is 0 Å². The van der Waals surface area contributed by atoms with Crippen LogP contribution in [-0.2, 0) is 4.79 Å². The number of methoxy groups -OCH3 is 1. The second-order valence-electron chi connectivity index (χ2n) is 5.01. The van der Waals surface area contributed by atoms with Crippen molar-refractivity contribution in [3.05, 3.63) is 29.8 Å². The van der Waals surface area contributed by atoms with Crippen molar-refractivity contribution in [2.24, 2.45) is 0 Å². The predicted molar refractivity (Wildman–Crippen MR) is 76.6 cm³/mol. The lowest BCUT2D eigenvalue weighted by atomic mass is 10.0. The quantitative estimate of drug-likeness (QED) is 0.751. The summed E-state index contributed by atoms with van der Waals surface area (Å²) in [5, 5.41) is 16.1. The number of ether oxygens (including phenoxy) is 1. The van der Waals surface area contributed by atoms with Crippen molar-refractivity contribution in [3.8, 4) is 5.75 Å². The highest BCUT2D eigenvalue weighted by molar-refractivity contribution is 5.81. The molecule has 1 fully saturated rings. The molecule has 1 heterocycles. The van der Waals surface area contributed by atoms with E-state index in [1.54, 1.807) is 19.2 Å². The first-order valence-corrected chi connectivity index (χ1v) is 7.04. The van der Waals surface area contributed by atoms with Crippen LogP contribution < -0.4 is 15.4 Å². The largest absolute Gasteiger partial charge is 0.496 e. The van der Waals surface area contributed by atoms with E-state index in [0.29, 0.717) is 11.3 Å². The monoisotopic (exact) mass is 278 g/mol. The fourth-order valence-corrected chi connectivity index (χ4v) is 2.45. The Balaban J connectivity index is 1.88. The first-order chi connectivity index (χ1) is 9.72. The zero-order valence-electron chi connectivity index (χ0n) is 11.8. The lowest BCUT2D eigenvalue weighted by Gasteiger charge is -2.23. The lowest BCUT2D eigenvalue weighted by Crippen LogP contribution is -2.47. The SMILES string of the molecule is COc1ccccc1C(O)CNC(=O)C1CCCCN1. The number of aliphatic hydroxyl groups excluding tert-OH is 1. The van der Waals surface area contributed by atoms with Crippen LogP contribution in [0.5, 0.6) is 5.75 Å². The fraction of sp³-hybridized carbons (Fsp3) is 0.533. The number of para-hydroxylation sites is 1. The molecular formula is C15H22N2O3. The number of hydrogen-bond donors (Lipinski definition) is 3. The van der Waals surface area contributed by atoms with Gasteiger partial charge in [0.05, 0.1) is 19.3 Å². The van der Waals surface area contributed by atoms with Crippen molar-refractivity contribution >= 4 is 5.91 Å². The standard InChI is InChI=1S/C15H22N2O3/c1-20-14-8-3-2-6-11(14)13(18)10-17-15(19)12-7-4-5-9-16-12/h2-3,6,8,12-13,16,18H,4-5,7,9-10H2,1H3,(H,17,19). The molecule has 0 spiro atoms. The zero-order valence-corrected chi connectivity index (χ0v) is 11.8. The molecular weight excluding hydrogens is 256 g/mol. The summed E-state index contributed by atoms with van der Waals surface area (Å²) >= 11 is 0. The van der Waals surface area contributed by atoms with Gasteiger partial charge in [-0.2, -0.15) is 0 Å². The van der Waals surface area contributed by atoms with Crippen molar-refractivity contribution in [3.63, 3.8) is 0 Å². The van der Waals surface area contributed by atoms with Gasteiger partial charge < -0.3 is 20.5 Å². The number of amides is 1. The number of aliphatic hydroxyl groups is 1. The van der Waals surface area contributed by atoms with Gasteiger partial charge >= 0.3 is 0 Å². The maximum atomic E-state index is 12.0. The lowest BCUT2D eigenvalue weighted by molar-refractivity contribution is -0.124. The first kappa shape index (κ1) is 14.8. The van der Waals surface area contributed by atoms with E-state index in [0.717, 1.165) is 25.8 Å². The Morgan fingerprint density at radius 2 is 2.30 bits per heavy atom. The highest BCUT2D eigenvalue weighted by Gasteiger charge is 2.21. The van der Waals surface area contributed by atoms with E-state index in [1.165, 1.54) is 0 Å². The van der Waals surface area contributed by atoms with E-state index in [4.69, 9.17) is 4.74 Å². The second kappa shape index (κ2) is 7.26. The molecule has 0 aliphatic carbocycles. The van der Waals surface area contributed by atoms with Gasteiger partial charge in [-0.05, 0) is 25.5 Å². The Labute approximate surface area is 119 Å². The van der Waals surface area contributed by atoms with Gasteiger partial charge in [0, 0.05) is 12.1 Å². The smallest absolute Gasteiger partial charge is 0.237 e. The van der Waals surface area contributed by atoms with Crippen LogP contribution in [0.2, 0.25) is 0 Å². The van der Waals surface area contributed by atoms with Crippen molar-refractivity contribution in [1.29, 1.82) is 0 Å². The summed E-state index contributed by atoms with van der Waals surface area (Å²) < 4.78 is 5.20. The minimum atomic E-state index is -0.765. The predicted octanol–water partition coefficient (Wildman–Crippen LogP) is 0.987. The van der Waals surface area contributed by atoms with Gasteiger partial charge in [0.15, 0.2) is 0 Å². The molecule has 1 aliphatic rings. The fourth-order valence-electron chi connectivity index (χ4n) is 2.45. The average molecular weight is 278 g/mol. The topological polar surface area (TPSA) is 70.6 Å². The average Bonchev–Trinajstić information content (AvgIpc) is 2.53. The summed E-state index contributed by atoms with van der Waals surface area (Å²) in [6.45, 7) is 1.07. The van der Waals surface area contributed by atoms with Crippen LogP contribution in [0.4, 0.5) is 0 Å². The molecule has 0 saturated carbocycles. The van der Waals surface area contributed by atoms with Crippen LogP contribution in [-0.4, -0.2) is 37.3 Å². The molecule has 5 heteroatoms. The maximum Gasteiger partial charge on any atom is 0.237 e. The molecule has 3 N–H and O–H groups in total. The summed E-state index contributed by atoms with van der Waals surface area (Å²) in [5.41, 5.74) is 0.687. The van der Waals surface area contributed by atoms with Crippen LogP contribution in [0.25, 0.3) is 0 Å². The minimum absolute atomic E-state index is 0.0429. The third kappa shape index (κ3) is 3.71. The van der Waals surface area contributed by atoms with Crippen molar-refractivity contribution in [2.75, 3.05) is 20.2 Å². The molecule has 2 unspecified atom stereocenters. The molecule has 2 rings (SSSR count). The van der Waals surface area contributed by atoms with Gasteiger partial charge in [-0.25, -0.2) is 0 Å². The van der Waals surface area contributed by atoms with E-state index < -0.39 is 6.10 Å². The van der Waals surface area contributed by atoms with Crippen LogP contribution in [0, 0.1) is 0 Å². The van der Waals surface area contributed by atoms with Gasteiger partial charge in [-0.3, -0.25) is 4.79 Å². The zero-order chi connectivity index (χ0) is 14.4. The van der Waals surface area contributed by atoms with E-state index in [-0.39, 0.29) is 18.5 Å². The molecule has 1 aromatic rings. The number of hydrogen-bond acceptors (Lipinski definition) is 4. The van der Waals surface area contributed by atoms with Gasteiger partial charge in [0.25, 0.3) is 0 Å². The normalized spacial score (nSPS) is 20.2. The van der Waals surface area contributed by atoms with Crippen molar-refractivity contribution < 1.29 is 14.6 Å². The Hall–Kier alpha value is -1.59. The number of nitrogens with one attached hydrogen (secondary N) is 2. The van der Waals surface area contributed by atoms with Crippen LogP contribution >= 0.6 is 0 Å². The van der Waals surface area contributed by atoms with E-state index in [1.807, 2.05) is 12.1 Å². The van der Waals surface area contributed by atoms with E-state index in [2.05, 4.69) is 10.6 Å². The Bertz CT molecular complexity index is 444. The number of rotatable bonds is 5. The summed E-state index contributed by atoms with van der Waals surface area (Å²) in [5.74, 6) is 0.587. The highest BCUT2D eigenvalue weighted by Crippen LogP contribution is 2.24. The number of carbonyl (C=O) groups is 1.